The van der Waals surface area contributed by atoms with Crippen LogP contribution in [0.2, 0.25) is 0 Å². The van der Waals surface area contributed by atoms with Gasteiger partial charge in [-0.05, 0) is 56.0 Å². The highest BCUT2D eigenvalue weighted by Crippen LogP contribution is 2.46. The Hall–Kier alpha value is -4.13. The standard InChI is InChI=1S/C33H35F3N4O5S/c1-44-30(43)32-18-21(32)10-5-3-2-4-6-14-25(37-22-12-9-11-20(16-22)33(34,35)36)29(42)40-19-23(17-26(40)28(41)39-32)45-31-38-24-13-7-8-15-27(24)46-31/h5,7-13,15-16,21,23,25-26,37H,2-4,6,14,17-19H2,1H3,(H,39,41)/b10-5-/t21-,23+,25-,26-,32+/m0/s1. The van der Waals surface area contributed by atoms with E-state index in [0.29, 0.717) is 24.5 Å². The van der Waals surface area contributed by atoms with Gasteiger partial charge in [0.25, 0.3) is 5.19 Å². The largest absolute Gasteiger partial charge is 0.467 e. The fraction of sp³-hybridized carbons (Fsp3) is 0.455. The Morgan fingerprint density at radius 3 is 2.74 bits per heavy atom. The van der Waals surface area contributed by atoms with E-state index in [-0.39, 0.29) is 24.6 Å². The van der Waals surface area contributed by atoms with Gasteiger partial charge in [-0.3, -0.25) is 9.59 Å². The molecule has 0 bridgehead atoms. The van der Waals surface area contributed by atoms with E-state index in [1.54, 1.807) is 0 Å². The average molecular weight is 657 g/mol. The topological polar surface area (TPSA) is 110 Å². The molecule has 1 aliphatic carbocycles. The minimum Gasteiger partial charge on any atom is -0.467 e. The fourth-order valence-electron chi connectivity index (χ4n) is 6.35. The Bertz CT molecular complexity index is 1610. The van der Waals surface area contributed by atoms with Crippen molar-refractivity contribution >= 4 is 45.0 Å². The van der Waals surface area contributed by atoms with Crippen molar-refractivity contribution < 1.29 is 37.0 Å². The second-order valence-corrected chi connectivity index (χ2v) is 13.0. The monoisotopic (exact) mass is 656 g/mol. The molecule has 2 fully saturated rings. The number of benzene rings is 2. The molecule has 2 aromatic carbocycles. The zero-order chi connectivity index (χ0) is 32.5. The number of para-hydroxylation sites is 1. The van der Waals surface area contributed by atoms with E-state index in [1.165, 1.54) is 35.5 Å². The van der Waals surface area contributed by atoms with Crippen molar-refractivity contribution in [3.8, 4) is 5.19 Å². The lowest BCUT2D eigenvalue weighted by molar-refractivity contribution is -0.148. The van der Waals surface area contributed by atoms with Crippen LogP contribution in [-0.4, -0.2) is 65.0 Å². The van der Waals surface area contributed by atoms with Gasteiger partial charge in [-0.1, -0.05) is 54.5 Å². The lowest BCUT2D eigenvalue weighted by atomic mass is 10.0. The minimum atomic E-state index is -4.55. The Balaban J connectivity index is 1.30. The van der Waals surface area contributed by atoms with E-state index in [4.69, 9.17) is 9.47 Å². The first kappa shape index (κ1) is 31.8. The Morgan fingerprint density at radius 1 is 1.13 bits per heavy atom. The summed E-state index contributed by atoms with van der Waals surface area (Å²) in [4.78, 5) is 47.1. The lowest BCUT2D eigenvalue weighted by Gasteiger charge is -2.30. The van der Waals surface area contributed by atoms with Crippen molar-refractivity contribution in [3.05, 3.63) is 66.2 Å². The molecule has 1 saturated heterocycles. The molecule has 46 heavy (non-hydrogen) atoms. The maximum absolute atomic E-state index is 14.3. The van der Waals surface area contributed by atoms with Crippen molar-refractivity contribution in [2.75, 3.05) is 19.0 Å². The molecule has 6 rings (SSSR count). The van der Waals surface area contributed by atoms with E-state index >= 15 is 0 Å². The van der Waals surface area contributed by atoms with Gasteiger partial charge in [0, 0.05) is 18.0 Å². The second kappa shape index (κ2) is 12.9. The minimum absolute atomic E-state index is 0.0577. The molecule has 13 heteroatoms. The number of thiazole rings is 1. The molecule has 0 spiro atoms. The number of carbonyl (C=O) groups is 3. The van der Waals surface area contributed by atoms with Gasteiger partial charge in [-0.15, -0.1) is 0 Å². The highest BCUT2D eigenvalue weighted by atomic mass is 32.1. The van der Waals surface area contributed by atoms with E-state index in [9.17, 15) is 27.6 Å². The normalized spacial score (nSPS) is 27.9. The molecule has 1 saturated carbocycles. The number of ether oxygens (including phenoxy) is 2. The number of hydrogen-bond acceptors (Lipinski definition) is 8. The summed E-state index contributed by atoms with van der Waals surface area (Å²) in [5, 5.41) is 6.34. The van der Waals surface area contributed by atoms with Gasteiger partial charge in [-0.2, -0.15) is 13.2 Å². The number of fused-ring (bicyclic) bond motifs is 3. The van der Waals surface area contributed by atoms with Crippen LogP contribution in [0.1, 0.15) is 50.5 Å². The van der Waals surface area contributed by atoms with Gasteiger partial charge in [0.2, 0.25) is 11.8 Å². The van der Waals surface area contributed by atoms with Crippen LogP contribution in [-0.2, 0) is 25.3 Å². The van der Waals surface area contributed by atoms with Crippen LogP contribution in [0.15, 0.2) is 60.7 Å². The number of rotatable bonds is 5. The molecular weight excluding hydrogens is 621 g/mol. The smallest absolute Gasteiger partial charge is 0.416 e. The second-order valence-electron chi connectivity index (χ2n) is 12.0. The lowest BCUT2D eigenvalue weighted by Crippen LogP contribution is -2.55. The van der Waals surface area contributed by atoms with Crippen LogP contribution in [0.25, 0.3) is 10.2 Å². The summed E-state index contributed by atoms with van der Waals surface area (Å²) in [7, 11) is 1.27. The van der Waals surface area contributed by atoms with Crippen molar-refractivity contribution in [2.45, 2.75) is 74.8 Å². The number of halogens is 3. The predicted molar refractivity (Wildman–Crippen MR) is 166 cm³/mol. The molecule has 5 atom stereocenters. The molecular formula is C33H35F3N4O5S. The summed E-state index contributed by atoms with van der Waals surface area (Å²) in [6.07, 6.45) is 2.68. The third-order valence-electron chi connectivity index (χ3n) is 8.86. The quantitative estimate of drug-likeness (QED) is 0.268. The van der Waals surface area contributed by atoms with E-state index < -0.39 is 53.2 Å². The number of carbonyl (C=O) groups excluding carboxylic acids is 3. The van der Waals surface area contributed by atoms with Crippen molar-refractivity contribution in [1.29, 1.82) is 0 Å². The molecule has 2 amide bonds. The average Bonchev–Trinajstić information content (AvgIpc) is 3.34. The fourth-order valence-corrected chi connectivity index (χ4v) is 7.23. The summed E-state index contributed by atoms with van der Waals surface area (Å²) in [6.45, 7) is 0.0577. The summed E-state index contributed by atoms with van der Waals surface area (Å²) in [6, 6.07) is 10.4. The number of methoxy groups -OCH3 is 1. The number of allylic oxidation sites excluding steroid dienone is 1. The number of aromatic nitrogens is 1. The highest BCUT2D eigenvalue weighted by Gasteiger charge is 2.62. The van der Waals surface area contributed by atoms with Gasteiger partial charge < -0.3 is 25.0 Å². The van der Waals surface area contributed by atoms with Gasteiger partial charge in [-0.25, -0.2) is 9.78 Å². The zero-order valence-electron chi connectivity index (χ0n) is 25.2. The number of esters is 1. The van der Waals surface area contributed by atoms with Crippen LogP contribution < -0.4 is 15.4 Å². The van der Waals surface area contributed by atoms with Crippen molar-refractivity contribution in [3.63, 3.8) is 0 Å². The summed E-state index contributed by atoms with van der Waals surface area (Å²) in [5.41, 5.74) is -1.13. The number of anilines is 1. The maximum atomic E-state index is 14.3. The van der Waals surface area contributed by atoms with Crippen molar-refractivity contribution in [2.24, 2.45) is 5.92 Å². The molecule has 2 aliphatic heterocycles. The van der Waals surface area contributed by atoms with Gasteiger partial charge in [0.15, 0.2) is 0 Å². The van der Waals surface area contributed by atoms with Crippen LogP contribution >= 0.6 is 11.3 Å². The van der Waals surface area contributed by atoms with Crippen LogP contribution in [0.5, 0.6) is 5.19 Å². The predicted octanol–water partition coefficient (Wildman–Crippen LogP) is 5.71. The number of hydrogen-bond donors (Lipinski definition) is 2. The Morgan fingerprint density at radius 2 is 1.96 bits per heavy atom. The van der Waals surface area contributed by atoms with Gasteiger partial charge >= 0.3 is 12.1 Å². The summed E-state index contributed by atoms with van der Waals surface area (Å²) < 4.78 is 52.7. The van der Waals surface area contributed by atoms with Crippen molar-refractivity contribution in [1.82, 2.24) is 15.2 Å². The van der Waals surface area contributed by atoms with Gasteiger partial charge in [0.1, 0.15) is 23.7 Å². The molecule has 9 nitrogen and oxygen atoms in total. The first-order chi connectivity index (χ1) is 22.1. The van der Waals surface area contributed by atoms with E-state index in [0.717, 1.165) is 41.6 Å². The molecule has 1 aromatic heterocycles. The third kappa shape index (κ3) is 6.69. The molecule has 2 N–H and O–H groups in total. The molecule has 3 heterocycles. The SMILES string of the molecule is COC(=O)[C@@]12C[C@@H]1/C=C\CCCCC[C@H](Nc1cccc(C(F)(F)F)c1)C(=O)N1C[C@H](Oc3nc4ccccc4s3)C[C@H]1C(=O)N2. The number of nitrogens with one attached hydrogen (secondary N) is 2. The number of amides is 2. The van der Waals surface area contributed by atoms with Crippen LogP contribution in [0.3, 0.4) is 0 Å². The molecule has 244 valence electrons. The maximum Gasteiger partial charge on any atom is 0.416 e. The van der Waals surface area contributed by atoms with Crippen LogP contribution in [0.4, 0.5) is 18.9 Å². The van der Waals surface area contributed by atoms with E-state index in [2.05, 4.69) is 15.6 Å². The molecule has 3 aromatic rings. The molecule has 0 radical (unpaired) electrons. The molecule has 3 aliphatic rings. The first-order valence-corrected chi connectivity index (χ1v) is 16.2. The third-order valence-corrected chi connectivity index (χ3v) is 9.79. The highest BCUT2D eigenvalue weighted by molar-refractivity contribution is 7.20. The van der Waals surface area contributed by atoms with E-state index in [1.807, 2.05) is 36.4 Å². The van der Waals surface area contributed by atoms with Gasteiger partial charge in [0.05, 0.1) is 29.4 Å². The Labute approximate surface area is 268 Å². The van der Waals surface area contributed by atoms with Crippen LogP contribution in [0, 0.1) is 5.92 Å². The number of alkyl halides is 3. The number of nitrogens with zero attached hydrogens (tertiary/aromatic N) is 2. The Kier molecular flexibility index (Phi) is 8.95. The zero-order valence-corrected chi connectivity index (χ0v) is 26.0. The first-order valence-electron chi connectivity index (χ1n) is 15.4. The molecule has 0 unspecified atom stereocenters. The summed E-state index contributed by atoms with van der Waals surface area (Å²) >= 11 is 1.35. The summed E-state index contributed by atoms with van der Waals surface area (Å²) in [5.74, 6) is -1.73.